The molecule has 0 aliphatic carbocycles. The first-order chi connectivity index (χ1) is 28.3. The molecule has 9 N–H and O–H groups in total. The van der Waals surface area contributed by atoms with Crippen LogP contribution in [0.15, 0.2) is 91.8 Å². The third-order valence-corrected chi connectivity index (χ3v) is 7.98. The summed E-state index contributed by atoms with van der Waals surface area (Å²) >= 11 is 34.4. The lowest BCUT2D eigenvalue weighted by molar-refractivity contribution is 0.306. The molecule has 6 rings (SSSR count). The number of anilines is 6. The fraction of sp³-hybridized carbons (Fsp3) is 0.189. The smallest absolute Gasteiger partial charge is 0.137 e. The van der Waals surface area contributed by atoms with Crippen molar-refractivity contribution in [1.29, 1.82) is 0 Å². The first-order valence-electron chi connectivity index (χ1n) is 16.7. The Morgan fingerprint density at radius 2 is 0.932 bits per heavy atom. The highest BCUT2D eigenvalue weighted by molar-refractivity contribution is 6.33. The zero-order valence-electron chi connectivity index (χ0n) is 31.7. The third-order valence-electron chi connectivity index (χ3n) is 6.47. The molecule has 0 saturated carbocycles. The van der Waals surface area contributed by atoms with Gasteiger partial charge in [-0.25, -0.2) is 29.9 Å². The van der Waals surface area contributed by atoms with Gasteiger partial charge in [0.05, 0.1) is 49.6 Å². The number of nitrogen functional groups attached to an aromatic ring is 1. The SMILES string of the molecule is COc1ccc(N)cc1Cl.COc1ccc(Nc2cc(Cl)ncn2)cc1Cl.COc1ccc(Nc2cc(NCCO)ncn2)cc1Cl.Clc1cc(Cl)ncn1.NCCO. The Balaban J connectivity index is 0.000000277. The minimum absolute atomic E-state index is 0.0425. The molecule has 59 heavy (non-hydrogen) atoms. The van der Waals surface area contributed by atoms with E-state index >= 15 is 0 Å². The van der Waals surface area contributed by atoms with Crippen LogP contribution in [0.2, 0.25) is 30.5 Å². The van der Waals surface area contributed by atoms with Crippen LogP contribution in [0.25, 0.3) is 0 Å². The highest BCUT2D eigenvalue weighted by Crippen LogP contribution is 2.30. The standard InChI is InChI=1S/C13H15ClN4O2.C11H9Cl2N3O.C7H8ClNO.C4H2Cl2N2.C2H7NO/c1-20-11-3-2-9(6-10(11)14)18-13-7-12(15-4-5-19)16-8-17-13;1-17-9-3-2-7(4-8(9)12)16-11-5-10(13)14-6-15-11;1-10-7-3-2-5(9)4-6(7)8;5-3-1-4(6)8-2-7-3;3-1-2-4/h2-3,6-8,19H,4-5H2,1H3,(H2,15,16,17,18);2-6H,1H3,(H,14,15,16);2-4H,9H2,1H3;1-2H;4H,1-3H2. The number of hydrogen-bond acceptors (Lipinski definition) is 16. The molecule has 6 aromatic rings. The second-order valence-corrected chi connectivity index (χ2v) is 13.1. The van der Waals surface area contributed by atoms with Gasteiger partial charge in [-0.15, -0.1) is 0 Å². The van der Waals surface area contributed by atoms with Gasteiger partial charge in [-0.1, -0.05) is 69.6 Å². The van der Waals surface area contributed by atoms with Crippen molar-refractivity contribution in [1.82, 2.24) is 29.9 Å². The van der Waals surface area contributed by atoms with E-state index in [-0.39, 0.29) is 13.2 Å². The van der Waals surface area contributed by atoms with Gasteiger partial charge >= 0.3 is 0 Å². The van der Waals surface area contributed by atoms with E-state index in [0.29, 0.717) is 84.0 Å². The Labute approximate surface area is 371 Å². The molecule has 0 spiro atoms. The summed E-state index contributed by atoms with van der Waals surface area (Å²) in [7, 11) is 4.70. The van der Waals surface area contributed by atoms with Gasteiger partial charge in [0.2, 0.25) is 0 Å². The minimum Gasteiger partial charge on any atom is -0.495 e. The quantitative estimate of drug-likeness (QED) is 0.0477. The van der Waals surface area contributed by atoms with Crippen LogP contribution in [0.3, 0.4) is 0 Å². The van der Waals surface area contributed by atoms with Crippen LogP contribution < -0.4 is 41.6 Å². The molecule has 0 saturated heterocycles. The van der Waals surface area contributed by atoms with E-state index in [4.69, 9.17) is 105 Å². The first-order valence-corrected chi connectivity index (χ1v) is 19.0. The van der Waals surface area contributed by atoms with E-state index in [9.17, 15) is 0 Å². The molecule has 3 aromatic carbocycles. The average molecular weight is 933 g/mol. The van der Waals surface area contributed by atoms with Gasteiger partial charge in [0, 0.05) is 48.4 Å². The molecule has 16 nitrogen and oxygen atoms in total. The molecule has 0 amide bonds. The number of nitrogens with two attached hydrogens (primary N) is 2. The number of aliphatic hydroxyl groups excluding tert-OH is 2. The number of benzene rings is 3. The van der Waals surface area contributed by atoms with Gasteiger partial charge in [-0.05, 0) is 54.6 Å². The van der Waals surface area contributed by atoms with Crippen LogP contribution in [0.4, 0.5) is 34.5 Å². The maximum atomic E-state index is 8.76. The average Bonchev–Trinajstić information content (AvgIpc) is 3.21. The van der Waals surface area contributed by atoms with E-state index < -0.39 is 0 Å². The normalized spacial score (nSPS) is 9.69. The van der Waals surface area contributed by atoms with Crippen LogP contribution in [0.1, 0.15) is 0 Å². The van der Waals surface area contributed by atoms with Crippen molar-refractivity contribution < 1.29 is 24.4 Å². The fourth-order valence-corrected chi connectivity index (χ4v) is 5.17. The highest BCUT2D eigenvalue weighted by Gasteiger charge is 2.05. The second kappa shape index (κ2) is 28.5. The number of nitrogens with one attached hydrogen (secondary N) is 3. The number of ether oxygens (including phenoxy) is 3. The number of nitrogens with zero attached hydrogens (tertiary/aromatic N) is 6. The summed E-state index contributed by atoms with van der Waals surface area (Å²) in [5, 5.41) is 28.4. The summed E-state index contributed by atoms with van der Waals surface area (Å²) in [6, 6.07) is 20.7. The van der Waals surface area contributed by atoms with Crippen LogP contribution in [-0.4, -0.2) is 87.7 Å². The van der Waals surface area contributed by atoms with E-state index in [1.165, 1.54) is 25.0 Å². The third kappa shape index (κ3) is 20.1. The summed E-state index contributed by atoms with van der Waals surface area (Å²) in [5.74, 6) is 3.75. The van der Waals surface area contributed by atoms with Crippen molar-refractivity contribution in [2.75, 3.05) is 69.3 Å². The maximum Gasteiger partial charge on any atom is 0.137 e. The Kier molecular flexibility index (Phi) is 24.3. The molecule has 0 aliphatic heterocycles. The van der Waals surface area contributed by atoms with Gasteiger partial charge in [-0.3, -0.25) is 0 Å². The van der Waals surface area contributed by atoms with E-state index in [1.807, 2.05) is 12.1 Å². The zero-order valence-corrected chi connectivity index (χ0v) is 36.2. The number of rotatable bonds is 11. The van der Waals surface area contributed by atoms with Gasteiger partial charge < -0.3 is 51.8 Å². The Morgan fingerprint density at radius 3 is 1.32 bits per heavy atom. The molecular formula is C37H41Cl6N11O5. The highest BCUT2D eigenvalue weighted by atomic mass is 35.5. The van der Waals surface area contributed by atoms with Crippen molar-refractivity contribution in [3.05, 3.63) is 122 Å². The van der Waals surface area contributed by atoms with Crippen molar-refractivity contribution in [2.24, 2.45) is 5.73 Å². The zero-order chi connectivity index (χ0) is 43.6. The number of aliphatic hydroxyl groups is 2. The van der Waals surface area contributed by atoms with Crippen LogP contribution in [-0.2, 0) is 0 Å². The monoisotopic (exact) mass is 929 g/mol. The molecule has 0 aliphatic rings. The molecule has 0 atom stereocenters. The molecule has 22 heteroatoms. The van der Waals surface area contributed by atoms with E-state index in [1.54, 1.807) is 75.9 Å². The predicted molar refractivity (Wildman–Crippen MR) is 238 cm³/mol. The first kappa shape index (κ1) is 50.3. The number of hydrogen-bond donors (Lipinski definition) is 7. The molecule has 0 fully saturated rings. The Bertz CT molecular complexity index is 2130. The summed E-state index contributed by atoms with van der Waals surface area (Å²) in [6.45, 7) is 0.950. The molecule has 316 valence electrons. The topological polar surface area (TPSA) is 234 Å². The Hall–Kier alpha value is -4.88. The number of methoxy groups -OCH3 is 3. The lowest BCUT2D eigenvalue weighted by Crippen LogP contribution is -2.07. The largest absolute Gasteiger partial charge is 0.495 e. The fourth-order valence-electron chi connectivity index (χ4n) is 3.89. The van der Waals surface area contributed by atoms with Gasteiger partial charge in [0.25, 0.3) is 0 Å². The summed E-state index contributed by atoms with van der Waals surface area (Å²) in [5.41, 5.74) is 12.5. The lowest BCUT2D eigenvalue weighted by atomic mass is 10.3. The summed E-state index contributed by atoms with van der Waals surface area (Å²) in [6.07, 6.45) is 4.13. The maximum absolute atomic E-state index is 8.76. The molecule has 3 heterocycles. The Morgan fingerprint density at radius 1 is 0.525 bits per heavy atom. The number of aromatic nitrogens is 6. The van der Waals surface area contributed by atoms with E-state index in [0.717, 1.165) is 11.4 Å². The summed E-state index contributed by atoms with van der Waals surface area (Å²) < 4.78 is 15.1. The van der Waals surface area contributed by atoms with Crippen LogP contribution in [0.5, 0.6) is 17.2 Å². The van der Waals surface area contributed by atoms with Gasteiger partial charge in [-0.2, -0.15) is 0 Å². The van der Waals surface area contributed by atoms with Gasteiger partial charge in [0.15, 0.2) is 0 Å². The van der Waals surface area contributed by atoms with Crippen molar-refractivity contribution in [3.63, 3.8) is 0 Å². The van der Waals surface area contributed by atoms with Crippen molar-refractivity contribution >= 4 is 104 Å². The minimum atomic E-state index is 0.0425. The molecule has 0 radical (unpaired) electrons. The van der Waals surface area contributed by atoms with Crippen LogP contribution in [0, 0.1) is 0 Å². The molecular weight excluding hydrogens is 891 g/mol. The molecule has 0 bridgehead atoms. The summed E-state index contributed by atoms with van der Waals surface area (Å²) in [4.78, 5) is 23.2. The van der Waals surface area contributed by atoms with E-state index in [2.05, 4.69) is 45.9 Å². The molecule has 3 aromatic heterocycles. The number of halogens is 6. The molecule has 0 unspecified atom stereocenters. The van der Waals surface area contributed by atoms with Crippen LogP contribution >= 0.6 is 69.6 Å². The van der Waals surface area contributed by atoms with Crippen molar-refractivity contribution in [3.8, 4) is 17.2 Å². The van der Waals surface area contributed by atoms with Crippen molar-refractivity contribution in [2.45, 2.75) is 0 Å². The lowest BCUT2D eigenvalue weighted by Gasteiger charge is -2.09. The van der Waals surface area contributed by atoms with Gasteiger partial charge in [0.1, 0.15) is 69.1 Å². The predicted octanol–water partition coefficient (Wildman–Crippen LogP) is 8.47. The second-order valence-electron chi connectivity index (χ2n) is 10.7.